The van der Waals surface area contributed by atoms with Crippen LogP contribution in [0.25, 0.3) is 0 Å². The lowest BCUT2D eigenvalue weighted by molar-refractivity contribution is -0.322. The summed E-state index contributed by atoms with van der Waals surface area (Å²) in [4.78, 5) is 71.2. The zero-order valence-corrected chi connectivity index (χ0v) is 20.1. The molecule has 0 aromatic carbocycles. The Morgan fingerprint density at radius 2 is 1.44 bits per heavy atom. The number of esters is 5. The highest BCUT2D eigenvalue weighted by Crippen LogP contribution is 2.42. The standard InChI is InChI=1S/C22H28O14/c1-8(23)30-7-15-17(31-9(2)24)18(32-10(3)25)19(33-11(4)26)22(36-15)35-14-6-12-5-13(21(29)34-12)16(14)20(27)28/h12-19,22H,5-7H2,1-4H3,(H,27,28)/t12-,13+,14-,15-,16+,17-,18+,19-,22-/m1/s1. The molecule has 14 heteroatoms. The number of carbonyl (C=O) groups excluding carboxylic acids is 5. The summed E-state index contributed by atoms with van der Waals surface area (Å²) in [5, 5.41) is 9.80. The molecule has 0 unspecified atom stereocenters. The molecule has 0 amide bonds. The Morgan fingerprint density at radius 1 is 0.861 bits per heavy atom. The summed E-state index contributed by atoms with van der Waals surface area (Å²) in [5.41, 5.74) is 0. The molecule has 2 bridgehead atoms. The largest absolute Gasteiger partial charge is 0.481 e. The maximum absolute atomic E-state index is 12.1. The number of carbonyl (C=O) groups is 6. The normalized spacial score (nSPS) is 35.2. The van der Waals surface area contributed by atoms with Crippen LogP contribution in [0, 0.1) is 11.8 Å². The first-order valence-corrected chi connectivity index (χ1v) is 11.3. The molecule has 0 spiro atoms. The van der Waals surface area contributed by atoms with Crippen LogP contribution in [0.4, 0.5) is 0 Å². The van der Waals surface area contributed by atoms with Crippen LogP contribution in [-0.4, -0.2) is 90.4 Å². The molecule has 9 atom stereocenters. The van der Waals surface area contributed by atoms with Crippen molar-refractivity contribution in [3.05, 3.63) is 0 Å². The van der Waals surface area contributed by atoms with Gasteiger partial charge in [0.2, 0.25) is 0 Å². The molecule has 2 aliphatic heterocycles. The second kappa shape index (κ2) is 11.2. The Kier molecular flexibility index (Phi) is 8.51. The Morgan fingerprint density at radius 3 is 2.00 bits per heavy atom. The zero-order valence-electron chi connectivity index (χ0n) is 20.1. The number of fused-ring (bicyclic) bond motifs is 2. The van der Waals surface area contributed by atoms with Gasteiger partial charge in [0, 0.05) is 34.1 Å². The lowest BCUT2D eigenvalue weighted by atomic mass is 9.78. The molecule has 3 fully saturated rings. The number of hydrogen-bond acceptors (Lipinski definition) is 13. The van der Waals surface area contributed by atoms with Crippen molar-refractivity contribution in [3.63, 3.8) is 0 Å². The number of ether oxygens (including phenoxy) is 7. The van der Waals surface area contributed by atoms with Gasteiger partial charge in [0.25, 0.3) is 0 Å². The molecule has 0 aromatic rings. The topological polar surface area (TPSA) is 187 Å². The maximum Gasteiger partial charge on any atom is 0.310 e. The van der Waals surface area contributed by atoms with E-state index in [1.807, 2.05) is 0 Å². The average molecular weight is 516 g/mol. The van der Waals surface area contributed by atoms with Crippen molar-refractivity contribution >= 4 is 35.8 Å². The van der Waals surface area contributed by atoms with Gasteiger partial charge in [-0.05, 0) is 6.42 Å². The zero-order chi connectivity index (χ0) is 26.7. The van der Waals surface area contributed by atoms with Gasteiger partial charge in [-0.3, -0.25) is 28.8 Å². The SMILES string of the molecule is CC(=O)OC[C@H]1O[C@@H](O[C@@H]2C[C@H]3C[C@H](C(=O)O3)[C@@H]2C(=O)O)[C@H](OC(C)=O)[C@@H](OC(C)=O)[C@@H]1OC(C)=O. The van der Waals surface area contributed by atoms with Gasteiger partial charge < -0.3 is 38.3 Å². The van der Waals surface area contributed by atoms with E-state index >= 15 is 0 Å². The maximum atomic E-state index is 12.1. The summed E-state index contributed by atoms with van der Waals surface area (Å²) < 4.78 is 38.0. The van der Waals surface area contributed by atoms with E-state index in [0.29, 0.717) is 0 Å². The van der Waals surface area contributed by atoms with Gasteiger partial charge in [-0.2, -0.15) is 0 Å². The number of carboxylic acid groups (broad SMARTS) is 1. The van der Waals surface area contributed by atoms with Gasteiger partial charge in [0.15, 0.2) is 24.6 Å². The van der Waals surface area contributed by atoms with E-state index in [1.54, 1.807) is 0 Å². The van der Waals surface area contributed by atoms with Crippen molar-refractivity contribution < 1.29 is 67.0 Å². The third kappa shape index (κ3) is 6.29. The predicted molar refractivity (Wildman–Crippen MR) is 111 cm³/mol. The fourth-order valence-corrected chi connectivity index (χ4v) is 4.72. The predicted octanol–water partition coefficient (Wildman–Crippen LogP) is -0.509. The molecule has 3 aliphatic rings. The molecule has 3 rings (SSSR count). The summed E-state index contributed by atoms with van der Waals surface area (Å²) >= 11 is 0. The van der Waals surface area contributed by atoms with Crippen LogP contribution in [0.1, 0.15) is 40.5 Å². The lowest BCUT2D eigenvalue weighted by Crippen LogP contribution is -2.63. The number of rotatable bonds is 8. The van der Waals surface area contributed by atoms with E-state index in [1.165, 1.54) is 0 Å². The smallest absolute Gasteiger partial charge is 0.310 e. The molecular formula is C22H28O14. The Hall–Kier alpha value is -3.26. The molecule has 1 N–H and O–H groups in total. The molecule has 1 saturated carbocycles. The van der Waals surface area contributed by atoms with Crippen LogP contribution in [-0.2, 0) is 61.9 Å². The molecule has 1 aliphatic carbocycles. The minimum absolute atomic E-state index is 0.0199. The van der Waals surface area contributed by atoms with E-state index in [-0.39, 0.29) is 12.8 Å². The quantitative estimate of drug-likeness (QED) is 0.321. The van der Waals surface area contributed by atoms with Gasteiger partial charge in [-0.15, -0.1) is 0 Å². The second-order valence-corrected chi connectivity index (χ2v) is 8.74. The van der Waals surface area contributed by atoms with E-state index in [2.05, 4.69) is 0 Å². The van der Waals surface area contributed by atoms with Crippen molar-refractivity contribution in [2.24, 2.45) is 11.8 Å². The first-order chi connectivity index (χ1) is 16.9. The summed E-state index contributed by atoms with van der Waals surface area (Å²) in [5.74, 6) is -7.31. The van der Waals surface area contributed by atoms with E-state index < -0.39 is 97.2 Å². The minimum atomic E-state index is -1.55. The van der Waals surface area contributed by atoms with Crippen LogP contribution in [0.15, 0.2) is 0 Å². The number of carboxylic acids is 1. The van der Waals surface area contributed by atoms with Gasteiger partial charge in [-0.1, -0.05) is 0 Å². The van der Waals surface area contributed by atoms with Crippen molar-refractivity contribution in [2.75, 3.05) is 6.61 Å². The molecular weight excluding hydrogens is 488 g/mol. The monoisotopic (exact) mass is 516 g/mol. The fourth-order valence-electron chi connectivity index (χ4n) is 4.72. The number of aliphatic carboxylic acids is 1. The molecule has 200 valence electrons. The molecule has 0 aromatic heterocycles. The molecule has 36 heavy (non-hydrogen) atoms. The highest BCUT2D eigenvalue weighted by atomic mass is 16.7. The van der Waals surface area contributed by atoms with E-state index in [9.17, 15) is 33.9 Å². The fraction of sp³-hybridized carbons (Fsp3) is 0.727. The third-order valence-electron chi connectivity index (χ3n) is 5.97. The molecule has 2 saturated heterocycles. The third-order valence-corrected chi connectivity index (χ3v) is 5.97. The van der Waals surface area contributed by atoms with E-state index in [0.717, 1.165) is 27.7 Å². The van der Waals surface area contributed by atoms with Gasteiger partial charge in [0.05, 0.1) is 17.9 Å². The van der Waals surface area contributed by atoms with Crippen LogP contribution >= 0.6 is 0 Å². The van der Waals surface area contributed by atoms with Crippen molar-refractivity contribution in [1.29, 1.82) is 0 Å². The Bertz CT molecular complexity index is 914. The number of hydrogen-bond donors (Lipinski definition) is 1. The molecule has 2 heterocycles. The van der Waals surface area contributed by atoms with Gasteiger partial charge in [0.1, 0.15) is 18.8 Å². The highest BCUT2D eigenvalue weighted by molar-refractivity contribution is 5.83. The van der Waals surface area contributed by atoms with Gasteiger partial charge >= 0.3 is 35.8 Å². The van der Waals surface area contributed by atoms with Crippen LogP contribution in [0.2, 0.25) is 0 Å². The van der Waals surface area contributed by atoms with Crippen molar-refractivity contribution in [3.8, 4) is 0 Å². The van der Waals surface area contributed by atoms with Crippen molar-refractivity contribution in [1.82, 2.24) is 0 Å². The van der Waals surface area contributed by atoms with E-state index in [4.69, 9.17) is 33.2 Å². The van der Waals surface area contributed by atoms with Crippen LogP contribution in [0.3, 0.4) is 0 Å². The molecule has 14 nitrogen and oxygen atoms in total. The average Bonchev–Trinajstić information content (AvgIpc) is 3.03. The summed E-state index contributed by atoms with van der Waals surface area (Å²) in [6.07, 6.45) is -8.60. The first-order valence-electron chi connectivity index (χ1n) is 11.3. The van der Waals surface area contributed by atoms with Crippen LogP contribution < -0.4 is 0 Å². The van der Waals surface area contributed by atoms with Crippen LogP contribution in [0.5, 0.6) is 0 Å². The minimum Gasteiger partial charge on any atom is -0.481 e. The second-order valence-electron chi connectivity index (χ2n) is 8.74. The molecule has 0 radical (unpaired) electrons. The lowest BCUT2D eigenvalue weighted by Gasteiger charge is -2.45. The Balaban J connectivity index is 1.97. The summed E-state index contributed by atoms with van der Waals surface area (Å²) in [6.45, 7) is 3.90. The summed E-state index contributed by atoms with van der Waals surface area (Å²) in [6, 6.07) is 0. The Labute approximate surface area is 205 Å². The summed E-state index contributed by atoms with van der Waals surface area (Å²) in [7, 11) is 0. The highest BCUT2D eigenvalue weighted by Gasteiger charge is 2.57. The first kappa shape index (κ1) is 27.3. The van der Waals surface area contributed by atoms with Crippen molar-refractivity contribution in [2.45, 2.75) is 83.5 Å². The van der Waals surface area contributed by atoms with Gasteiger partial charge in [-0.25, -0.2) is 0 Å².